The molecular formula is C29H35NO4Si. The Morgan fingerprint density at radius 3 is 1.83 bits per heavy atom. The minimum atomic E-state index is -2.93. The standard InChI is InChI=1S/C29H35NO4Si/c1-29(2,3)35(22-15-9-5-10-16-22,23-17-11-6-12-18-23)34-27-24(30)19-20-25(26(27)31)33-28(32)21-13-7-4-8-14-21/h4-18,24-27,31H,19-20,30H2,1-3H3/t24-,25-,26+,27+/m1/s1. The molecule has 5 nitrogen and oxygen atoms in total. The van der Waals surface area contributed by atoms with Crippen LogP contribution < -0.4 is 16.1 Å². The van der Waals surface area contributed by atoms with E-state index in [1.165, 1.54) is 0 Å². The Balaban J connectivity index is 1.71. The second-order valence-corrected chi connectivity index (χ2v) is 14.5. The summed E-state index contributed by atoms with van der Waals surface area (Å²) in [6.07, 6.45) is -1.32. The first-order chi connectivity index (χ1) is 16.7. The van der Waals surface area contributed by atoms with Gasteiger partial charge in [0.25, 0.3) is 8.32 Å². The summed E-state index contributed by atoms with van der Waals surface area (Å²) < 4.78 is 12.9. The molecule has 184 valence electrons. The van der Waals surface area contributed by atoms with Crippen LogP contribution in [0.3, 0.4) is 0 Å². The van der Waals surface area contributed by atoms with Crippen molar-refractivity contribution in [2.45, 2.75) is 63.0 Å². The third-order valence-corrected chi connectivity index (χ3v) is 12.0. The number of hydrogen-bond donors (Lipinski definition) is 2. The molecule has 3 N–H and O–H groups in total. The number of rotatable bonds is 6. The van der Waals surface area contributed by atoms with Gasteiger partial charge in [0.1, 0.15) is 12.2 Å². The van der Waals surface area contributed by atoms with Crippen molar-refractivity contribution in [1.82, 2.24) is 0 Å². The summed E-state index contributed by atoms with van der Waals surface area (Å²) in [6, 6.07) is 29.0. The lowest BCUT2D eigenvalue weighted by Gasteiger charge is -2.49. The molecule has 4 atom stereocenters. The van der Waals surface area contributed by atoms with Crippen molar-refractivity contribution in [2.75, 3.05) is 0 Å². The van der Waals surface area contributed by atoms with Gasteiger partial charge in [0, 0.05) is 6.04 Å². The van der Waals surface area contributed by atoms with Gasteiger partial charge in [0.05, 0.1) is 11.7 Å². The number of esters is 1. The second-order valence-electron chi connectivity index (χ2n) is 10.3. The highest BCUT2D eigenvalue weighted by Gasteiger charge is 2.54. The van der Waals surface area contributed by atoms with Gasteiger partial charge in [-0.1, -0.05) is 99.6 Å². The van der Waals surface area contributed by atoms with Crippen LogP contribution in [0.5, 0.6) is 0 Å². The van der Waals surface area contributed by atoms with Crippen molar-refractivity contribution in [3.63, 3.8) is 0 Å². The fourth-order valence-electron chi connectivity index (χ4n) is 5.12. The van der Waals surface area contributed by atoms with E-state index in [0.717, 1.165) is 10.4 Å². The molecule has 4 rings (SSSR count). The number of hydrogen-bond acceptors (Lipinski definition) is 5. The van der Waals surface area contributed by atoms with Crippen molar-refractivity contribution in [3.05, 3.63) is 96.6 Å². The largest absolute Gasteiger partial charge is 0.456 e. The Hall–Kier alpha value is -2.77. The molecule has 1 saturated carbocycles. The topological polar surface area (TPSA) is 81.8 Å². The molecule has 1 aliphatic rings. The Labute approximate surface area is 209 Å². The SMILES string of the molecule is CC(C)(C)[Si](O[C@@H]1[C@@H](O)[C@H](OC(=O)c2ccccc2)CC[C@H]1N)(c1ccccc1)c1ccccc1. The summed E-state index contributed by atoms with van der Waals surface area (Å²) >= 11 is 0. The van der Waals surface area contributed by atoms with Crippen molar-refractivity contribution < 1.29 is 19.1 Å². The fraction of sp³-hybridized carbons (Fsp3) is 0.345. The van der Waals surface area contributed by atoms with Crippen LogP contribution in [-0.2, 0) is 9.16 Å². The number of benzene rings is 3. The molecule has 0 spiro atoms. The van der Waals surface area contributed by atoms with Gasteiger partial charge in [-0.25, -0.2) is 4.79 Å². The molecular weight excluding hydrogens is 454 g/mol. The number of nitrogens with two attached hydrogens (primary N) is 1. The van der Waals surface area contributed by atoms with E-state index >= 15 is 0 Å². The third-order valence-electron chi connectivity index (χ3n) is 6.92. The van der Waals surface area contributed by atoms with Gasteiger partial charge < -0.3 is 20.0 Å². The van der Waals surface area contributed by atoms with E-state index in [2.05, 4.69) is 45.0 Å². The monoisotopic (exact) mass is 489 g/mol. The number of ether oxygens (including phenoxy) is 1. The van der Waals surface area contributed by atoms with E-state index in [1.54, 1.807) is 24.3 Å². The van der Waals surface area contributed by atoms with Gasteiger partial charge in [-0.2, -0.15) is 0 Å². The minimum Gasteiger partial charge on any atom is -0.456 e. The molecule has 0 saturated heterocycles. The maximum absolute atomic E-state index is 12.7. The highest BCUT2D eigenvalue weighted by Crippen LogP contribution is 2.39. The van der Waals surface area contributed by atoms with Crippen LogP contribution in [0.4, 0.5) is 0 Å². The van der Waals surface area contributed by atoms with Gasteiger partial charge in [0.2, 0.25) is 0 Å². The van der Waals surface area contributed by atoms with Crippen molar-refractivity contribution >= 4 is 24.7 Å². The quantitative estimate of drug-likeness (QED) is 0.408. The van der Waals surface area contributed by atoms with Crippen molar-refractivity contribution in [1.29, 1.82) is 0 Å². The van der Waals surface area contributed by atoms with Gasteiger partial charge in [0.15, 0.2) is 0 Å². The molecule has 0 bridgehead atoms. The van der Waals surface area contributed by atoms with Crippen LogP contribution in [0.2, 0.25) is 5.04 Å². The summed E-state index contributed by atoms with van der Waals surface area (Å²) in [5, 5.41) is 13.4. The van der Waals surface area contributed by atoms with Gasteiger partial charge >= 0.3 is 5.97 Å². The molecule has 3 aromatic rings. The molecule has 0 heterocycles. The molecule has 35 heavy (non-hydrogen) atoms. The first kappa shape index (κ1) is 25.3. The number of aliphatic hydroxyl groups excluding tert-OH is 1. The lowest BCUT2D eigenvalue weighted by Crippen LogP contribution is -2.71. The average Bonchev–Trinajstić information content (AvgIpc) is 2.87. The number of carbonyl (C=O) groups excluding carboxylic acids is 1. The highest BCUT2D eigenvalue weighted by atomic mass is 28.4. The molecule has 0 radical (unpaired) electrons. The summed E-state index contributed by atoms with van der Waals surface area (Å²) in [6.45, 7) is 6.56. The van der Waals surface area contributed by atoms with Crippen LogP contribution >= 0.6 is 0 Å². The lowest BCUT2D eigenvalue weighted by atomic mass is 9.88. The Kier molecular flexibility index (Phi) is 7.57. The normalized spacial score (nSPS) is 23.0. The molecule has 6 heteroatoms. The third kappa shape index (κ3) is 5.11. The second kappa shape index (κ2) is 10.5. The van der Waals surface area contributed by atoms with Gasteiger partial charge in [-0.15, -0.1) is 0 Å². The first-order valence-electron chi connectivity index (χ1n) is 12.2. The van der Waals surface area contributed by atoms with Crippen LogP contribution in [0.1, 0.15) is 44.0 Å². The van der Waals surface area contributed by atoms with Crippen LogP contribution in [0.15, 0.2) is 91.0 Å². The van der Waals surface area contributed by atoms with E-state index in [4.69, 9.17) is 14.9 Å². The minimum absolute atomic E-state index is 0.261. The predicted molar refractivity (Wildman–Crippen MR) is 141 cm³/mol. The van der Waals surface area contributed by atoms with E-state index < -0.39 is 32.6 Å². The van der Waals surface area contributed by atoms with Gasteiger partial charge in [-0.3, -0.25) is 0 Å². The van der Waals surface area contributed by atoms with E-state index in [1.807, 2.05) is 42.5 Å². The van der Waals surface area contributed by atoms with Crippen molar-refractivity contribution in [3.8, 4) is 0 Å². The first-order valence-corrected chi connectivity index (χ1v) is 14.1. The Morgan fingerprint density at radius 1 is 0.857 bits per heavy atom. The lowest BCUT2D eigenvalue weighted by molar-refractivity contribution is -0.0935. The predicted octanol–water partition coefficient (Wildman–Crippen LogP) is 3.64. The van der Waals surface area contributed by atoms with Crippen LogP contribution in [-0.4, -0.2) is 43.7 Å². The van der Waals surface area contributed by atoms with E-state index in [-0.39, 0.29) is 11.1 Å². The molecule has 1 aliphatic carbocycles. The Bertz CT molecular complexity index is 1060. The molecule has 0 unspecified atom stereocenters. The number of aliphatic hydroxyl groups is 1. The van der Waals surface area contributed by atoms with Crippen LogP contribution in [0.25, 0.3) is 0 Å². The highest BCUT2D eigenvalue weighted by molar-refractivity contribution is 6.99. The number of carbonyl (C=O) groups is 1. The Morgan fingerprint density at radius 2 is 1.34 bits per heavy atom. The summed E-state index contributed by atoms with van der Waals surface area (Å²) in [4.78, 5) is 12.7. The van der Waals surface area contributed by atoms with Crippen LogP contribution in [0, 0.1) is 0 Å². The maximum atomic E-state index is 12.7. The summed E-state index contributed by atoms with van der Waals surface area (Å²) in [5.74, 6) is -0.450. The smallest absolute Gasteiger partial charge is 0.338 e. The molecule has 0 amide bonds. The molecule has 0 aromatic heterocycles. The zero-order valence-corrected chi connectivity index (χ0v) is 21.6. The zero-order valence-electron chi connectivity index (χ0n) is 20.6. The van der Waals surface area contributed by atoms with E-state index in [0.29, 0.717) is 18.4 Å². The fourth-order valence-corrected chi connectivity index (χ4v) is 9.85. The summed E-state index contributed by atoms with van der Waals surface area (Å²) in [5.41, 5.74) is 7.03. The molecule has 3 aromatic carbocycles. The molecule has 0 aliphatic heterocycles. The summed E-state index contributed by atoms with van der Waals surface area (Å²) in [7, 11) is -2.93. The van der Waals surface area contributed by atoms with E-state index in [9.17, 15) is 9.90 Å². The molecule has 1 fully saturated rings. The van der Waals surface area contributed by atoms with Gasteiger partial charge in [-0.05, 0) is 40.4 Å². The zero-order chi connectivity index (χ0) is 25.1. The average molecular weight is 490 g/mol. The maximum Gasteiger partial charge on any atom is 0.338 e. The van der Waals surface area contributed by atoms with Crippen molar-refractivity contribution in [2.24, 2.45) is 5.73 Å².